The molecule has 3 aromatic rings. The van der Waals surface area contributed by atoms with Crippen LogP contribution in [-0.2, 0) is 11.2 Å². The molecule has 1 fully saturated rings. The van der Waals surface area contributed by atoms with E-state index in [1.807, 2.05) is 54.6 Å². The standard InChI is InChI=1S/C26H27FN2O2/c1-31-14-12-18-7-9-23(25(27)15-18)22-10-8-20(26(30)29-13-11-21(28)17-29)16-24(22)19-5-3-2-4-6-19/h2-10,15-16,21H,11-14,17,28H2,1H3/t21-/m0/s1. The highest BCUT2D eigenvalue weighted by Crippen LogP contribution is 2.35. The lowest BCUT2D eigenvalue weighted by Gasteiger charge is -2.18. The number of ether oxygens (including phenoxy) is 1. The van der Waals surface area contributed by atoms with E-state index < -0.39 is 0 Å². The van der Waals surface area contributed by atoms with Crippen molar-refractivity contribution in [2.45, 2.75) is 18.9 Å². The highest BCUT2D eigenvalue weighted by atomic mass is 19.1. The molecule has 4 nitrogen and oxygen atoms in total. The maximum atomic E-state index is 15.1. The molecule has 2 N–H and O–H groups in total. The van der Waals surface area contributed by atoms with Crippen molar-refractivity contribution in [1.29, 1.82) is 0 Å². The van der Waals surface area contributed by atoms with Crippen molar-refractivity contribution < 1.29 is 13.9 Å². The van der Waals surface area contributed by atoms with E-state index in [9.17, 15) is 4.79 Å². The van der Waals surface area contributed by atoms with Crippen molar-refractivity contribution in [1.82, 2.24) is 4.90 Å². The van der Waals surface area contributed by atoms with E-state index in [0.29, 0.717) is 37.2 Å². The molecule has 4 rings (SSSR count). The van der Waals surface area contributed by atoms with E-state index in [1.54, 1.807) is 24.1 Å². The van der Waals surface area contributed by atoms with Crippen LogP contribution in [0.15, 0.2) is 66.7 Å². The summed E-state index contributed by atoms with van der Waals surface area (Å²) in [6.07, 6.45) is 1.47. The summed E-state index contributed by atoms with van der Waals surface area (Å²) in [7, 11) is 1.63. The molecule has 0 aliphatic carbocycles. The lowest BCUT2D eigenvalue weighted by molar-refractivity contribution is 0.0791. The number of amides is 1. The molecule has 0 unspecified atom stereocenters. The minimum absolute atomic E-state index is 0.0301. The lowest BCUT2D eigenvalue weighted by Crippen LogP contribution is -2.31. The van der Waals surface area contributed by atoms with Crippen LogP contribution in [-0.4, -0.2) is 43.7 Å². The third kappa shape index (κ3) is 4.68. The summed E-state index contributed by atoms with van der Waals surface area (Å²) in [5.74, 6) is -0.317. The molecular formula is C26H27FN2O2. The van der Waals surface area contributed by atoms with Crippen LogP contribution >= 0.6 is 0 Å². The van der Waals surface area contributed by atoms with E-state index in [1.165, 1.54) is 0 Å². The number of benzene rings is 3. The van der Waals surface area contributed by atoms with Gasteiger partial charge in [-0.25, -0.2) is 4.39 Å². The van der Waals surface area contributed by atoms with Crippen LogP contribution in [0.4, 0.5) is 4.39 Å². The van der Waals surface area contributed by atoms with Gasteiger partial charge in [-0.2, -0.15) is 0 Å². The average Bonchev–Trinajstić information content (AvgIpc) is 3.24. The van der Waals surface area contributed by atoms with Crippen LogP contribution in [0.1, 0.15) is 22.3 Å². The van der Waals surface area contributed by atoms with Gasteiger partial charge in [0.1, 0.15) is 5.82 Å². The van der Waals surface area contributed by atoms with Gasteiger partial charge in [0.2, 0.25) is 0 Å². The predicted molar refractivity (Wildman–Crippen MR) is 121 cm³/mol. The highest BCUT2D eigenvalue weighted by molar-refractivity contribution is 5.98. The second-order valence-corrected chi connectivity index (χ2v) is 7.98. The largest absolute Gasteiger partial charge is 0.384 e. The Morgan fingerprint density at radius 2 is 1.84 bits per heavy atom. The number of methoxy groups -OCH3 is 1. The normalized spacial score (nSPS) is 16.0. The summed E-state index contributed by atoms with van der Waals surface area (Å²) in [6, 6.07) is 20.6. The summed E-state index contributed by atoms with van der Waals surface area (Å²) < 4.78 is 20.2. The minimum Gasteiger partial charge on any atom is -0.384 e. The molecule has 1 saturated heterocycles. The van der Waals surface area contributed by atoms with E-state index in [0.717, 1.165) is 28.7 Å². The molecule has 1 heterocycles. The van der Waals surface area contributed by atoms with Crippen LogP contribution in [0.5, 0.6) is 0 Å². The Bertz CT molecular complexity index is 1070. The SMILES string of the molecule is COCCc1ccc(-c2ccc(C(=O)N3CC[C@H](N)C3)cc2-c2ccccc2)c(F)c1. The fourth-order valence-corrected chi connectivity index (χ4v) is 4.08. The first-order valence-corrected chi connectivity index (χ1v) is 10.6. The topological polar surface area (TPSA) is 55.6 Å². The van der Waals surface area contributed by atoms with Gasteiger partial charge >= 0.3 is 0 Å². The lowest BCUT2D eigenvalue weighted by atomic mass is 9.91. The van der Waals surface area contributed by atoms with E-state index in [2.05, 4.69) is 0 Å². The van der Waals surface area contributed by atoms with E-state index in [-0.39, 0.29) is 17.8 Å². The molecular weight excluding hydrogens is 391 g/mol. The van der Waals surface area contributed by atoms with Gasteiger partial charge in [0.15, 0.2) is 0 Å². The van der Waals surface area contributed by atoms with Crippen LogP contribution < -0.4 is 5.73 Å². The molecule has 160 valence electrons. The van der Waals surface area contributed by atoms with Crippen molar-refractivity contribution in [3.63, 3.8) is 0 Å². The first-order valence-electron chi connectivity index (χ1n) is 10.6. The molecule has 1 amide bonds. The van der Waals surface area contributed by atoms with Gasteiger partial charge in [-0.1, -0.05) is 48.5 Å². The molecule has 0 spiro atoms. The third-order valence-corrected chi connectivity index (χ3v) is 5.78. The zero-order valence-corrected chi connectivity index (χ0v) is 17.7. The van der Waals surface area contributed by atoms with Gasteiger partial charge in [-0.15, -0.1) is 0 Å². The third-order valence-electron chi connectivity index (χ3n) is 5.78. The molecule has 1 aliphatic heterocycles. The van der Waals surface area contributed by atoms with E-state index >= 15 is 4.39 Å². The first-order chi connectivity index (χ1) is 15.1. The minimum atomic E-state index is -0.282. The fourth-order valence-electron chi connectivity index (χ4n) is 4.08. The number of rotatable bonds is 6. The zero-order valence-electron chi connectivity index (χ0n) is 17.7. The van der Waals surface area contributed by atoms with Gasteiger partial charge in [-0.3, -0.25) is 4.79 Å². The first kappa shape index (κ1) is 21.2. The van der Waals surface area contributed by atoms with Crippen LogP contribution in [0, 0.1) is 5.82 Å². The molecule has 0 saturated carbocycles. The van der Waals surface area contributed by atoms with Crippen molar-refractivity contribution in [3.05, 3.63) is 83.7 Å². The van der Waals surface area contributed by atoms with Crippen molar-refractivity contribution in [3.8, 4) is 22.3 Å². The zero-order chi connectivity index (χ0) is 21.8. The summed E-state index contributed by atoms with van der Waals surface area (Å²) in [5, 5.41) is 0. The van der Waals surface area contributed by atoms with Gasteiger partial charge in [0.25, 0.3) is 5.91 Å². The summed E-state index contributed by atoms with van der Waals surface area (Å²) >= 11 is 0. The maximum Gasteiger partial charge on any atom is 0.253 e. The van der Waals surface area contributed by atoms with Crippen molar-refractivity contribution >= 4 is 5.91 Å². The molecule has 31 heavy (non-hydrogen) atoms. The Morgan fingerprint density at radius 1 is 1.06 bits per heavy atom. The summed E-state index contributed by atoms with van der Waals surface area (Å²) in [4.78, 5) is 14.8. The highest BCUT2D eigenvalue weighted by Gasteiger charge is 2.25. The fraction of sp³-hybridized carbons (Fsp3) is 0.269. The number of carbonyl (C=O) groups excluding carboxylic acids is 1. The van der Waals surface area contributed by atoms with Crippen molar-refractivity contribution in [2.24, 2.45) is 5.73 Å². The van der Waals surface area contributed by atoms with Gasteiger partial charge in [0, 0.05) is 37.4 Å². The monoisotopic (exact) mass is 418 g/mol. The Hall–Kier alpha value is -3.02. The van der Waals surface area contributed by atoms with Crippen molar-refractivity contribution in [2.75, 3.05) is 26.8 Å². The Balaban J connectivity index is 1.75. The van der Waals surface area contributed by atoms with Gasteiger partial charge in [0.05, 0.1) is 6.61 Å². The smallest absolute Gasteiger partial charge is 0.253 e. The number of hydrogen-bond donors (Lipinski definition) is 1. The maximum absolute atomic E-state index is 15.1. The molecule has 1 aliphatic rings. The second-order valence-electron chi connectivity index (χ2n) is 7.98. The van der Waals surface area contributed by atoms with Crippen LogP contribution in [0.25, 0.3) is 22.3 Å². The number of nitrogens with zero attached hydrogens (tertiary/aromatic N) is 1. The Morgan fingerprint density at radius 3 is 2.52 bits per heavy atom. The molecule has 3 aromatic carbocycles. The molecule has 0 radical (unpaired) electrons. The number of hydrogen-bond acceptors (Lipinski definition) is 3. The van der Waals surface area contributed by atoms with Gasteiger partial charge < -0.3 is 15.4 Å². The number of likely N-dealkylation sites (tertiary alicyclic amines) is 1. The summed E-state index contributed by atoms with van der Waals surface area (Å²) in [6.45, 7) is 1.78. The Kier molecular flexibility index (Phi) is 6.44. The summed E-state index contributed by atoms with van der Waals surface area (Å²) in [5.41, 5.74) is 10.5. The molecule has 1 atom stereocenters. The number of carbonyl (C=O) groups is 1. The average molecular weight is 419 g/mol. The molecule has 5 heteroatoms. The van der Waals surface area contributed by atoms with Crippen LogP contribution in [0.3, 0.4) is 0 Å². The Labute approximate surface area is 182 Å². The molecule has 0 aromatic heterocycles. The second kappa shape index (κ2) is 9.41. The number of nitrogens with two attached hydrogens (primary N) is 1. The molecule has 0 bridgehead atoms. The quantitative estimate of drug-likeness (QED) is 0.640. The van der Waals surface area contributed by atoms with Crippen LogP contribution in [0.2, 0.25) is 0 Å². The van der Waals surface area contributed by atoms with Gasteiger partial charge in [-0.05, 0) is 53.3 Å². The number of halogens is 1. The van der Waals surface area contributed by atoms with E-state index in [4.69, 9.17) is 10.5 Å². The predicted octanol–water partition coefficient (Wildman–Crippen LogP) is 4.52.